The maximum Gasteiger partial charge on any atom is 0.253 e. The summed E-state index contributed by atoms with van der Waals surface area (Å²) >= 11 is 1.76. The van der Waals surface area contributed by atoms with Crippen LogP contribution in [-0.4, -0.2) is 32.8 Å². The first-order valence-corrected chi connectivity index (χ1v) is 10.4. The molecule has 1 saturated carbocycles. The fourth-order valence-corrected chi connectivity index (χ4v) is 4.47. The molecule has 140 valence electrons. The van der Waals surface area contributed by atoms with Gasteiger partial charge in [-0.25, -0.2) is 4.98 Å². The highest BCUT2D eigenvalue weighted by atomic mass is 32.1. The summed E-state index contributed by atoms with van der Waals surface area (Å²) < 4.78 is 1.77. The van der Waals surface area contributed by atoms with Gasteiger partial charge in [0.1, 0.15) is 5.01 Å². The Morgan fingerprint density at radius 1 is 1.15 bits per heavy atom. The lowest BCUT2D eigenvalue weighted by Gasteiger charge is -2.31. The second-order valence-electron chi connectivity index (χ2n) is 8.64. The van der Waals surface area contributed by atoms with Crippen molar-refractivity contribution in [2.45, 2.75) is 64.3 Å². The Labute approximate surface area is 158 Å². The zero-order valence-electron chi connectivity index (χ0n) is 15.8. The van der Waals surface area contributed by atoms with Gasteiger partial charge in [-0.3, -0.25) is 9.36 Å². The maximum atomic E-state index is 12.4. The largest absolute Gasteiger partial charge is 0.347 e. The number of aromatic nitrogens is 4. The molecule has 0 radical (unpaired) electrons. The highest BCUT2D eigenvalue weighted by Crippen LogP contribution is 2.42. The lowest BCUT2D eigenvalue weighted by Crippen LogP contribution is -2.36. The number of piperidine rings is 1. The smallest absolute Gasteiger partial charge is 0.253 e. The summed E-state index contributed by atoms with van der Waals surface area (Å²) in [5.74, 6) is 1.19. The molecule has 0 N–H and O–H groups in total. The van der Waals surface area contributed by atoms with Crippen LogP contribution in [0.1, 0.15) is 63.1 Å². The number of anilines is 1. The molecule has 26 heavy (non-hydrogen) atoms. The van der Waals surface area contributed by atoms with Crippen LogP contribution in [0.15, 0.2) is 17.2 Å². The van der Waals surface area contributed by atoms with E-state index < -0.39 is 0 Å². The van der Waals surface area contributed by atoms with Gasteiger partial charge in [-0.05, 0) is 31.6 Å². The SMILES string of the molecule is CC(C)(C)c1cc(=O)n(CC2CCN(c3nnc(C4CC4)s3)CC2)cn1. The average Bonchev–Trinajstić information content (AvgIpc) is 3.34. The van der Waals surface area contributed by atoms with E-state index in [2.05, 4.69) is 40.9 Å². The quantitative estimate of drug-likeness (QED) is 0.823. The third-order valence-electron chi connectivity index (χ3n) is 5.34. The lowest BCUT2D eigenvalue weighted by atomic mass is 9.92. The summed E-state index contributed by atoms with van der Waals surface area (Å²) in [5.41, 5.74) is 0.826. The summed E-state index contributed by atoms with van der Waals surface area (Å²) in [5, 5.41) is 11.0. The monoisotopic (exact) mass is 373 g/mol. The molecule has 4 rings (SSSR count). The van der Waals surface area contributed by atoms with Crippen molar-refractivity contribution >= 4 is 16.5 Å². The first kappa shape index (κ1) is 17.6. The minimum atomic E-state index is -0.0926. The van der Waals surface area contributed by atoms with Crippen molar-refractivity contribution in [3.05, 3.63) is 33.4 Å². The van der Waals surface area contributed by atoms with Gasteiger partial charge < -0.3 is 4.90 Å². The second-order valence-corrected chi connectivity index (χ2v) is 9.63. The van der Waals surface area contributed by atoms with Gasteiger partial charge in [-0.2, -0.15) is 0 Å². The van der Waals surface area contributed by atoms with Crippen molar-refractivity contribution in [2.75, 3.05) is 18.0 Å². The van der Waals surface area contributed by atoms with Gasteiger partial charge >= 0.3 is 0 Å². The number of hydrogen-bond donors (Lipinski definition) is 0. The zero-order chi connectivity index (χ0) is 18.3. The Hall–Kier alpha value is -1.76. The Kier molecular flexibility index (Phi) is 4.59. The molecule has 2 aromatic rings. The van der Waals surface area contributed by atoms with Crippen molar-refractivity contribution in [3.63, 3.8) is 0 Å². The van der Waals surface area contributed by atoms with Crippen LogP contribution in [0.3, 0.4) is 0 Å². The molecule has 2 aromatic heterocycles. The first-order chi connectivity index (χ1) is 12.4. The van der Waals surface area contributed by atoms with E-state index in [4.69, 9.17) is 0 Å². The third kappa shape index (κ3) is 3.82. The van der Waals surface area contributed by atoms with E-state index >= 15 is 0 Å². The van der Waals surface area contributed by atoms with Gasteiger partial charge in [0, 0.05) is 37.0 Å². The summed E-state index contributed by atoms with van der Waals surface area (Å²) in [4.78, 5) is 19.3. The maximum absolute atomic E-state index is 12.4. The standard InChI is InChI=1S/C19H27N5OS/c1-19(2,3)15-10-16(25)24(12-20-15)11-13-6-8-23(9-7-13)18-22-21-17(26-18)14-4-5-14/h10,12-14H,4-9,11H2,1-3H3. The highest BCUT2D eigenvalue weighted by molar-refractivity contribution is 7.15. The molecular weight excluding hydrogens is 346 g/mol. The van der Waals surface area contributed by atoms with Crippen LogP contribution < -0.4 is 10.5 Å². The van der Waals surface area contributed by atoms with E-state index in [9.17, 15) is 4.79 Å². The number of nitrogens with zero attached hydrogens (tertiary/aromatic N) is 5. The first-order valence-electron chi connectivity index (χ1n) is 9.55. The van der Waals surface area contributed by atoms with Crippen molar-refractivity contribution in [1.82, 2.24) is 19.7 Å². The van der Waals surface area contributed by atoms with Crippen molar-refractivity contribution < 1.29 is 0 Å². The van der Waals surface area contributed by atoms with Crippen molar-refractivity contribution in [3.8, 4) is 0 Å². The Balaban J connectivity index is 1.35. The minimum absolute atomic E-state index is 0.0607. The highest BCUT2D eigenvalue weighted by Gasteiger charge is 2.29. The molecule has 2 aliphatic rings. The molecule has 1 aliphatic carbocycles. The topological polar surface area (TPSA) is 63.9 Å². The minimum Gasteiger partial charge on any atom is -0.347 e. The lowest BCUT2D eigenvalue weighted by molar-refractivity contribution is 0.349. The molecule has 1 aliphatic heterocycles. The van der Waals surface area contributed by atoms with Crippen molar-refractivity contribution in [1.29, 1.82) is 0 Å². The van der Waals surface area contributed by atoms with Gasteiger partial charge in [0.25, 0.3) is 5.56 Å². The Bertz CT molecular complexity index is 825. The summed E-state index contributed by atoms with van der Waals surface area (Å²) in [6.07, 6.45) is 6.42. The third-order valence-corrected chi connectivity index (χ3v) is 6.49. The van der Waals surface area contributed by atoms with Gasteiger partial charge in [0.15, 0.2) is 0 Å². The van der Waals surface area contributed by atoms with Gasteiger partial charge in [-0.1, -0.05) is 32.1 Å². The summed E-state index contributed by atoms with van der Waals surface area (Å²) in [6.45, 7) is 8.98. The van der Waals surface area contributed by atoms with Gasteiger partial charge in [0.2, 0.25) is 5.13 Å². The molecule has 0 aromatic carbocycles. The van der Waals surface area contributed by atoms with Gasteiger partial charge in [-0.15, -0.1) is 10.2 Å². The summed E-state index contributed by atoms with van der Waals surface area (Å²) in [7, 11) is 0. The van der Waals surface area contributed by atoms with E-state index in [0.29, 0.717) is 11.8 Å². The molecule has 0 unspecified atom stereocenters. The fraction of sp³-hybridized carbons (Fsp3) is 0.684. The zero-order valence-corrected chi connectivity index (χ0v) is 16.6. The molecule has 6 nitrogen and oxygen atoms in total. The molecule has 0 spiro atoms. The molecule has 7 heteroatoms. The van der Waals surface area contributed by atoms with Gasteiger partial charge in [0.05, 0.1) is 12.0 Å². The molecule has 0 amide bonds. The van der Waals surface area contributed by atoms with E-state index in [0.717, 1.165) is 43.3 Å². The summed E-state index contributed by atoms with van der Waals surface area (Å²) in [6, 6.07) is 1.69. The molecule has 0 atom stereocenters. The van der Waals surface area contributed by atoms with Crippen LogP contribution in [0, 0.1) is 5.92 Å². The molecule has 2 fully saturated rings. The van der Waals surface area contributed by atoms with Crippen LogP contribution >= 0.6 is 11.3 Å². The van der Waals surface area contributed by atoms with Crippen molar-refractivity contribution in [2.24, 2.45) is 5.92 Å². The second kappa shape index (κ2) is 6.76. The number of hydrogen-bond acceptors (Lipinski definition) is 6. The van der Waals surface area contributed by atoms with Crippen LogP contribution in [-0.2, 0) is 12.0 Å². The average molecular weight is 374 g/mol. The fourth-order valence-electron chi connectivity index (χ4n) is 3.41. The molecular formula is C19H27N5OS. The predicted octanol–water partition coefficient (Wildman–Crippen LogP) is 3.19. The molecule has 3 heterocycles. The normalized spacial score (nSPS) is 19.1. The molecule has 0 bridgehead atoms. The number of rotatable bonds is 4. The van der Waals surface area contributed by atoms with Crippen LogP contribution in [0.25, 0.3) is 0 Å². The predicted molar refractivity (Wildman–Crippen MR) is 104 cm³/mol. The van der Waals surface area contributed by atoms with E-state index in [1.54, 1.807) is 28.3 Å². The molecule has 1 saturated heterocycles. The van der Waals surface area contributed by atoms with Crippen LogP contribution in [0.5, 0.6) is 0 Å². The van der Waals surface area contributed by atoms with Crippen LogP contribution in [0.4, 0.5) is 5.13 Å². The van der Waals surface area contributed by atoms with E-state index in [1.807, 2.05) is 0 Å². The van der Waals surface area contributed by atoms with E-state index in [1.165, 1.54) is 17.8 Å². The van der Waals surface area contributed by atoms with E-state index in [-0.39, 0.29) is 11.0 Å². The Morgan fingerprint density at radius 3 is 2.50 bits per heavy atom. The van der Waals surface area contributed by atoms with Crippen LogP contribution in [0.2, 0.25) is 0 Å². The Morgan fingerprint density at radius 2 is 1.88 bits per heavy atom.